The van der Waals surface area contributed by atoms with Gasteiger partial charge in [-0.2, -0.15) is 0 Å². The van der Waals surface area contributed by atoms with E-state index in [0.717, 1.165) is 12.8 Å². The molecule has 35 heavy (non-hydrogen) atoms. The molecule has 3 aliphatic rings. The average Bonchev–Trinajstić information content (AvgIpc) is 3.50. The Labute approximate surface area is 202 Å². The lowest BCUT2D eigenvalue weighted by molar-refractivity contribution is -0.140. The smallest absolute Gasteiger partial charge is 0.295 e. The van der Waals surface area contributed by atoms with Gasteiger partial charge in [-0.3, -0.25) is 9.59 Å². The second-order valence-electron chi connectivity index (χ2n) is 8.55. The molecular formula is C26H27NO8. The summed E-state index contributed by atoms with van der Waals surface area (Å²) in [4.78, 5) is 28.1. The standard InChI is InChI=1S/C26H27NO8/c1-31-16-6-8-19(32-2)18(13-16)23-22(25(29)26(30)27(23)14-17-4-3-9-33-17)24(28)15-5-7-20-21(12-15)35-11-10-34-20/h5-8,12-13,17,23,28H,3-4,9-11,14H2,1-2H3/b24-22-. The zero-order valence-corrected chi connectivity index (χ0v) is 19.6. The van der Waals surface area contributed by atoms with Crippen molar-refractivity contribution in [1.82, 2.24) is 4.90 Å². The highest BCUT2D eigenvalue weighted by atomic mass is 16.6. The third-order valence-electron chi connectivity index (χ3n) is 6.51. The topological polar surface area (TPSA) is 104 Å². The van der Waals surface area contributed by atoms with Crippen LogP contribution >= 0.6 is 0 Å². The number of carbonyl (C=O) groups excluding carboxylic acids is 2. The number of aliphatic hydroxyl groups excluding tert-OH is 1. The second kappa shape index (κ2) is 9.50. The Kier molecular flexibility index (Phi) is 6.25. The van der Waals surface area contributed by atoms with E-state index in [1.165, 1.54) is 19.1 Å². The van der Waals surface area contributed by atoms with E-state index in [-0.39, 0.29) is 24.0 Å². The van der Waals surface area contributed by atoms with Gasteiger partial charge >= 0.3 is 0 Å². The highest BCUT2D eigenvalue weighted by Gasteiger charge is 2.48. The van der Waals surface area contributed by atoms with Crippen LogP contribution in [-0.2, 0) is 14.3 Å². The number of aliphatic hydroxyl groups is 1. The molecule has 0 saturated carbocycles. The van der Waals surface area contributed by atoms with E-state index in [1.807, 2.05) is 0 Å². The van der Waals surface area contributed by atoms with Gasteiger partial charge in [0.15, 0.2) is 11.5 Å². The number of carbonyl (C=O) groups is 2. The number of methoxy groups -OCH3 is 2. The average molecular weight is 482 g/mol. The first-order valence-electron chi connectivity index (χ1n) is 11.5. The van der Waals surface area contributed by atoms with E-state index in [2.05, 4.69) is 0 Å². The molecule has 184 valence electrons. The van der Waals surface area contributed by atoms with Crippen LogP contribution in [0.4, 0.5) is 0 Å². The van der Waals surface area contributed by atoms with Crippen molar-refractivity contribution in [2.75, 3.05) is 40.6 Å². The van der Waals surface area contributed by atoms with Crippen molar-refractivity contribution < 1.29 is 38.4 Å². The molecule has 2 aromatic rings. The molecule has 2 saturated heterocycles. The molecule has 9 nitrogen and oxygen atoms in total. The van der Waals surface area contributed by atoms with Gasteiger partial charge in [0.05, 0.1) is 31.9 Å². The van der Waals surface area contributed by atoms with Crippen molar-refractivity contribution >= 4 is 17.4 Å². The van der Waals surface area contributed by atoms with Crippen molar-refractivity contribution in [3.8, 4) is 23.0 Å². The number of benzene rings is 2. The van der Waals surface area contributed by atoms with Crippen molar-refractivity contribution in [2.24, 2.45) is 0 Å². The summed E-state index contributed by atoms with van der Waals surface area (Å²) in [6, 6.07) is 9.19. The number of hydrogen-bond donors (Lipinski definition) is 1. The molecule has 0 spiro atoms. The molecule has 0 radical (unpaired) electrons. The Morgan fingerprint density at radius 1 is 1.03 bits per heavy atom. The summed E-state index contributed by atoms with van der Waals surface area (Å²) in [5.41, 5.74) is 0.843. The van der Waals surface area contributed by atoms with Crippen LogP contribution in [0.3, 0.4) is 0 Å². The van der Waals surface area contributed by atoms with Crippen LogP contribution in [-0.4, -0.2) is 68.4 Å². The Morgan fingerprint density at radius 3 is 2.54 bits per heavy atom. The minimum absolute atomic E-state index is 0.0313. The molecule has 2 aromatic carbocycles. The third kappa shape index (κ3) is 4.16. The summed E-state index contributed by atoms with van der Waals surface area (Å²) in [5, 5.41) is 11.4. The SMILES string of the molecule is COc1ccc(OC)c(C2/C(=C(/O)c3ccc4c(c3)OCCO4)C(=O)C(=O)N2CC2CCCO2)c1. The second-order valence-corrected chi connectivity index (χ2v) is 8.55. The molecule has 1 amide bonds. The highest BCUT2D eigenvalue weighted by molar-refractivity contribution is 6.46. The summed E-state index contributed by atoms with van der Waals surface area (Å²) in [7, 11) is 3.04. The molecule has 0 aliphatic carbocycles. The zero-order valence-electron chi connectivity index (χ0n) is 19.6. The minimum atomic E-state index is -0.891. The van der Waals surface area contributed by atoms with Gasteiger partial charge in [0, 0.05) is 24.3 Å². The maximum absolute atomic E-state index is 13.4. The van der Waals surface area contributed by atoms with Crippen molar-refractivity contribution in [1.29, 1.82) is 0 Å². The molecule has 0 aromatic heterocycles. The fourth-order valence-corrected chi connectivity index (χ4v) is 4.80. The summed E-state index contributed by atoms with van der Waals surface area (Å²) in [6.07, 6.45) is 1.48. The summed E-state index contributed by atoms with van der Waals surface area (Å²) >= 11 is 0. The lowest BCUT2D eigenvalue weighted by Crippen LogP contribution is -2.36. The van der Waals surface area contributed by atoms with Crippen LogP contribution in [0.1, 0.15) is 30.0 Å². The highest BCUT2D eigenvalue weighted by Crippen LogP contribution is 2.45. The number of rotatable bonds is 6. The van der Waals surface area contributed by atoms with E-state index >= 15 is 0 Å². The molecule has 2 atom stereocenters. The summed E-state index contributed by atoms with van der Waals surface area (Å²) < 4.78 is 27.9. The van der Waals surface area contributed by atoms with Crippen molar-refractivity contribution in [3.05, 3.63) is 53.1 Å². The van der Waals surface area contributed by atoms with Gasteiger partial charge in [0.1, 0.15) is 30.5 Å². The zero-order chi connectivity index (χ0) is 24.5. The molecule has 3 heterocycles. The molecule has 5 rings (SSSR count). The number of fused-ring (bicyclic) bond motifs is 1. The van der Waals surface area contributed by atoms with Crippen LogP contribution in [0.2, 0.25) is 0 Å². The normalized spacial score (nSPS) is 23.0. The largest absolute Gasteiger partial charge is 0.507 e. The maximum Gasteiger partial charge on any atom is 0.295 e. The molecule has 2 fully saturated rings. The van der Waals surface area contributed by atoms with Gasteiger partial charge < -0.3 is 33.7 Å². The number of nitrogens with zero attached hydrogens (tertiary/aromatic N) is 1. The minimum Gasteiger partial charge on any atom is -0.507 e. The number of likely N-dealkylation sites (tertiary alicyclic amines) is 1. The van der Waals surface area contributed by atoms with Crippen LogP contribution < -0.4 is 18.9 Å². The van der Waals surface area contributed by atoms with Crippen LogP contribution in [0.5, 0.6) is 23.0 Å². The Hall–Kier alpha value is -3.72. The Balaban J connectivity index is 1.66. The van der Waals surface area contributed by atoms with Crippen molar-refractivity contribution in [3.63, 3.8) is 0 Å². The quantitative estimate of drug-likeness (QED) is 0.382. The van der Waals surface area contributed by atoms with Crippen LogP contribution in [0, 0.1) is 0 Å². The van der Waals surface area contributed by atoms with E-state index in [0.29, 0.717) is 53.9 Å². The fraction of sp³-hybridized carbons (Fsp3) is 0.385. The molecule has 9 heteroatoms. The van der Waals surface area contributed by atoms with Gasteiger partial charge in [0.25, 0.3) is 11.7 Å². The van der Waals surface area contributed by atoms with E-state index in [4.69, 9.17) is 23.7 Å². The first-order chi connectivity index (χ1) is 17.0. The number of ether oxygens (including phenoxy) is 5. The number of amides is 1. The predicted molar refractivity (Wildman–Crippen MR) is 125 cm³/mol. The number of ketones is 1. The van der Waals surface area contributed by atoms with Gasteiger partial charge in [-0.15, -0.1) is 0 Å². The first kappa shape index (κ1) is 23.0. The summed E-state index contributed by atoms with van der Waals surface area (Å²) in [6.45, 7) is 1.64. The van der Waals surface area contributed by atoms with Crippen LogP contribution in [0.25, 0.3) is 5.76 Å². The third-order valence-corrected chi connectivity index (χ3v) is 6.51. The maximum atomic E-state index is 13.4. The van der Waals surface area contributed by atoms with Gasteiger partial charge in [0.2, 0.25) is 0 Å². The molecule has 2 unspecified atom stereocenters. The van der Waals surface area contributed by atoms with Gasteiger partial charge in [-0.05, 0) is 49.2 Å². The molecule has 1 N–H and O–H groups in total. The molecule has 3 aliphatic heterocycles. The van der Waals surface area contributed by atoms with E-state index in [1.54, 1.807) is 36.4 Å². The monoisotopic (exact) mass is 481 g/mol. The molecule has 0 bridgehead atoms. The van der Waals surface area contributed by atoms with Crippen LogP contribution in [0.15, 0.2) is 42.0 Å². The Morgan fingerprint density at radius 2 is 1.83 bits per heavy atom. The summed E-state index contributed by atoms with van der Waals surface area (Å²) in [5.74, 6) is 0.234. The van der Waals surface area contributed by atoms with E-state index in [9.17, 15) is 14.7 Å². The lowest BCUT2D eigenvalue weighted by atomic mass is 9.94. The lowest BCUT2D eigenvalue weighted by Gasteiger charge is -2.28. The Bertz CT molecular complexity index is 1180. The predicted octanol–water partition coefficient (Wildman–Crippen LogP) is 3.08. The molecular weight excluding hydrogens is 454 g/mol. The number of Topliss-reactive ketones (excluding diaryl/α,β-unsaturated/α-hetero) is 1. The van der Waals surface area contributed by atoms with Crippen molar-refractivity contribution in [2.45, 2.75) is 25.0 Å². The first-order valence-corrected chi connectivity index (χ1v) is 11.5. The van der Waals surface area contributed by atoms with Gasteiger partial charge in [-0.25, -0.2) is 0 Å². The number of hydrogen-bond acceptors (Lipinski definition) is 8. The van der Waals surface area contributed by atoms with Gasteiger partial charge in [-0.1, -0.05) is 0 Å². The van der Waals surface area contributed by atoms with E-state index < -0.39 is 17.7 Å². The fourth-order valence-electron chi connectivity index (χ4n) is 4.80.